The Hall–Kier alpha value is -3.40. The molecule has 1 atom stereocenters. The largest absolute Gasteiger partial charge is 0.361 e. The number of para-hydroxylation sites is 1. The van der Waals surface area contributed by atoms with E-state index >= 15 is 0 Å². The molecular formula is C27H27N3O. The summed E-state index contributed by atoms with van der Waals surface area (Å²) in [6.45, 7) is 3.62. The SMILES string of the molecule is Cc1cc(-c2ccccc2)cc([C@@H]2CCCN(C(=O)Cc3c[nH]c4ccccc34)C2)n1. The summed E-state index contributed by atoms with van der Waals surface area (Å²) >= 11 is 0. The summed E-state index contributed by atoms with van der Waals surface area (Å²) in [7, 11) is 0. The highest BCUT2D eigenvalue weighted by Crippen LogP contribution is 2.30. The summed E-state index contributed by atoms with van der Waals surface area (Å²) < 4.78 is 0. The van der Waals surface area contributed by atoms with Crippen molar-refractivity contribution in [1.29, 1.82) is 0 Å². The Morgan fingerprint density at radius 2 is 1.87 bits per heavy atom. The standard InChI is InChI=1S/C27H27N3O/c1-19-14-22(20-8-3-2-4-9-20)15-26(29-19)21-10-7-13-30(18-21)27(31)16-23-17-28-25-12-6-5-11-24(23)25/h2-6,8-9,11-12,14-15,17,21,28H,7,10,13,16,18H2,1H3/t21-/m1/s1. The zero-order valence-corrected chi connectivity index (χ0v) is 17.8. The molecule has 0 unspecified atom stereocenters. The third-order valence-electron chi connectivity index (χ3n) is 6.29. The van der Waals surface area contributed by atoms with Gasteiger partial charge in [-0.25, -0.2) is 0 Å². The van der Waals surface area contributed by atoms with E-state index in [1.807, 2.05) is 35.4 Å². The molecule has 3 heterocycles. The van der Waals surface area contributed by atoms with E-state index < -0.39 is 0 Å². The maximum Gasteiger partial charge on any atom is 0.227 e. The summed E-state index contributed by atoms with van der Waals surface area (Å²) in [6.07, 6.45) is 4.49. The highest BCUT2D eigenvalue weighted by Gasteiger charge is 2.26. The van der Waals surface area contributed by atoms with Crippen LogP contribution in [0.25, 0.3) is 22.0 Å². The van der Waals surface area contributed by atoms with Gasteiger partial charge in [0.15, 0.2) is 0 Å². The van der Waals surface area contributed by atoms with Crippen molar-refractivity contribution in [2.45, 2.75) is 32.1 Å². The van der Waals surface area contributed by atoms with E-state index in [2.05, 4.69) is 54.4 Å². The van der Waals surface area contributed by atoms with Gasteiger partial charge in [0.2, 0.25) is 5.91 Å². The number of rotatable bonds is 4. The number of nitrogens with one attached hydrogen (secondary N) is 1. The van der Waals surface area contributed by atoms with Gasteiger partial charge in [0, 0.05) is 47.5 Å². The highest BCUT2D eigenvalue weighted by molar-refractivity contribution is 5.89. The predicted octanol–water partition coefficient (Wildman–Crippen LogP) is 5.49. The Balaban J connectivity index is 1.34. The third kappa shape index (κ3) is 4.11. The molecule has 1 amide bonds. The lowest BCUT2D eigenvalue weighted by Gasteiger charge is -2.33. The van der Waals surface area contributed by atoms with Crippen LogP contribution >= 0.6 is 0 Å². The van der Waals surface area contributed by atoms with E-state index in [4.69, 9.17) is 4.98 Å². The summed E-state index contributed by atoms with van der Waals surface area (Å²) in [4.78, 5) is 23.3. The Bertz CT molecular complexity index is 1210. The molecule has 1 fully saturated rings. The lowest BCUT2D eigenvalue weighted by molar-refractivity contribution is -0.131. The quantitative estimate of drug-likeness (QED) is 0.485. The van der Waals surface area contributed by atoms with Gasteiger partial charge in [0.05, 0.1) is 6.42 Å². The molecule has 1 aliphatic heterocycles. The molecule has 0 spiro atoms. The molecule has 4 heteroatoms. The molecule has 1 aliphatic rings. The Labute approximate surface area is 182 Å². The molecule has 2 aromatic heterocycles. The van der Waals surface area contributed by atoms with E-state index in [9.17, 15) is 4.79 Å². The predicted molar refractivity (Wildman–Crippen MR) is 125 cm³/mol. The van der Waals surface area contributed by atoms with Gasteiger partial charge in [-0.05, 0) is 54.7 Å². The second kappa shape index (κ2) is 8.38. The number of aromatic amines is 1. The molecule has 0 saturated carbocycles. The maximum absolute atomic E-state index is 13.1. The summed E-state index contributed by atoms with van der Waals surface area (Å²) in [6, 6.07) is 23.0. The van der Waals surface area contributed by atoms with Crippen LogP contribution in [-0.4, -0.2) is 33.9 Å². The van der Waals surface area contributed by atoms with Crippen molar-refractivity contribution in [3.8, 4) is 11.1 Å². The second-order valence-electron chi connectivity index (χ2n) is 8.50. The lowest BCUT2D eigenvalue weighted by atomic mass is 9.92. The molecule has 1 saturated heterocycles. The maximum atomic E-state index is 13.1. The van der Waals surface area contributed by atoms with Gasteiger partial charge in [-0.3, -0.25) is 9.78 Å². The van der Waals surface area contributed by atoms with Crippen LogP contribution in [0.5, 0.6) is 0 Å². The van der Waals surface area contributed by atoms with E-state index in [1.54, 1.807) is 0 Å². The fraction of sp³-hybridized carbons (Fsp3) is 0.259. The molecule has 31 heavy (non-hydrogen) atoms. The topological polar surface area (TPSA) is 49.0 Å². The van der Waals surface area contributed by atoms with Crippen molar-refractivity contribution in [1.82, 2.24) is 14.9 Å². The number of carbonyl (C=O) groups is 1. The molecule has 0 radical (unpaired) electrons. The molecule has 4 nitrogen and oxygen atoms in total. The van der Waals surface area contributed by atoms with Crippen LogP contribution < -0.4 is 0 Å². The first kappa shape index (κ1) is 19.6. The fourth-order valence-corrected chi connectivity index (χ4v) is 4.70. The number of nitrogens with zero attached hydrogens (tertiary/aromatic N) is 2. The number of aryl methyl sites for hydroxylation is 1. The van der Waals surface area contributed by atoms with Gasteiger partial charge in [-0.1, -0.05) is 48.5 Å². The number of hydrogen-bond acceptors (Lipinski definition) is 2. The number of fused-ring (bicyclic) bond motifs is 1. The Morgan fingerprint density at radius 1 is 1.06 bits per heavy atom. The van der Waals surface area contributed by atoms with Crippen molar-refractivity contribution in [2.24, 2.45) is 0 Å². The molecule has 0 aliphatic carbocycles. The lowest BCUT2D eigenvalue weighted by Crippen LogP contribution is -2.40. The van der Waals surface area contributed by atoms with Gasteiger partial charge in [0.1, 0.15) is 0 Å². The Kier molecular flexibility index (Phi) is 5.29. The van der Waals surface area contributed by atoms with Gasteiger partial charge >= 0.3 is 0 Å². The molecule has 4 aromatic rings. The van der Waals surface area contributed by atoms with Gasteiger partial charge < -0.3 is 9.88 Å². The van der Waals surface area contributed by atoms with Gasteiger partial charge in [0.25, 0.3) is 0 Å². The number of likely N-dealkylation sites (tertiary alicyclic amines) is 1. The van der Waals surface area contributed by atoms with Crippen molar-refractivity contribution in [2.75, 3.05) is 13.1 Å². The number of benzene rings is 2. The van der Waals surface area contributed by atoms with Crippen LogP contribution in [0.3, 0.4) is 0 Å². The minimum absolute atomic E-state index is 0.199. The zero-order valence-electron chi connectivity index (χ0n) is 17.8. The van der Waals surface area contributed by atoms with E-state index in [0.717, 1.165) is 53.8 Å². The molecular weight excluding hydrogens is 382 g/mol. The van der Waals surface area contributed by atoms with Crippen LogP contribution in [0, 0.1) is 6.92 Å². The van der Waals surface area contributed by atoms with Crippen LogP contribution in [0.15, 0.2) is 72.9 Å². The Morgan fingerprint density at radius 3 is 2.74 bits per heavy atom. The first-order valence-electron chi connectivity index (χ1n) is 11.0. The van der Waals surface area contributed by atoms with E-state index in [0.29, 0.717) is 6.42 Å². The van der Waals surface area contributed by atoms with Gasteiger partial charge in [-0.15, -0.1) is 0 Å². The summed E-state index contributed by atoms with van der Waals surface area (Å²) in [5, 5.41) is 1.14. The first-order valence-corrected chi connectivity index (χ1v) is 11.0. The minimum Gasteiger partial charge on any atom is -0.361 e. The average Bonchev–Trinajstić information content (AvgIpc) is 3.22. The van der Waals surface area contributed by atoms with Crippen molar-refractivity contribution >= 4 is 16.8 Å². The average molecular weight is 410 g/mol. The monoisotopic (exact) mass is 409 g/mol. The van der Waals surface area contributed by atoms with Crippen LogP contribution in [0.2, 0.25) is 0 Å². The number of piperidine rings is 1. The molecule has 5 rings (SSSR count). The van der Waals surface area contributed by atoms with Crippen LogP contribution in [-0.2, 0) is 11.2 Å². The number of aromatic nitrogens is 2. The van der Waals surface area contributed by atoms with Crippen molar-refractivity contribution in [3.63, 3.8) is 0 Å². The summed E-state index contributed by atoms with van der Waals surface area (Å²) in [5.41, 5.74) is 6.69. The molecule has 0 bridgehead atoms. The highest BCUT2D eigenvalue weighted by atomic mass is 16.2. The minimum atomic E-state index is 0.199. The van der Waals surface area contributed by atoms with Crippen molar-refractivity contribution in [3.05, 3.63) is 89.9 Å². The number of pyridine rings is 1. The number of hydrogen-bond donors (Lipinski definition) is 1. The zero-order chi connectivity index (χ0) is 21.2. The summed E-state index contributed by atoms with van der Waals surface area (Å²) in [5.74, 6) is 0.480. The first-order chi connectivity index (χ1) is 15.2. The normalized spacial score (nSPS) is 16.5. The fourth-order valence-electron chi connectivity index (χ4n) is 4.70. The number of carbonyl (C=O) groups excluding carboxylic acids is 1. The molecule has 1 N–H and O–H groups in total. The smallest absolute Gasteiger partial charge is 0.227 e. The number of amides is 1. The molecule has 2 aromatic carbocycles. The van der Waals surface area contributed by atoms with Crippen LogP contribution in [0.4, 0.5) is 0 Å². The van der Waals surface area contributed by atoms with Crippen molar-refractivity contribution < 1.29 is 4.79 Å². The van der Waals surface area contributed by atoms with Crippen LogP contribution in [0.1, 0.15) is 35.7 Å². The third-order valence-corrected chi connectivity index (χ3v) is 6.29. The van der Waals surface area contributed by atoms with E-state index in [-0.39, 0.29) is 11.8 Å². The second-order valence-corrected chi connectivity index (χ2v) is 8.50. The molecule has 156 valence electrons. The number of H-pyrrole nitrogens is 1. The van der Waals surface area contributed by atoms with E-state index in [1.165, 1.54) is 11.1 Å². The van der Waals surface area contributed by atoms with Gasteiger partial charge in [-0.2, -0.15) is 0 Å².